The van der Waals surface area contributed by atoms with Crippen molar-refractivity contribution in [3.63, 3.8) is 0 Å². The molecule has 1 amide bonds. The van der Waals surface area contributed by atoms with E-state index >= 15 is 0 Å². The molecule has 3 N–H and O–H groups in total. The largest absolute Gasteiger partial charge is 0.497 e. The van der Waals surface area contributed by atoms with E-state index in [0.29, 0.717) is 22.9 Å². The van der Waals surface area contributed by atoms with Gasteiger partial charge in [0.05, 0.1) is 18.4 Å². The molecule has 0 unspecified atom stereocenters. The van der Waals surface area contributed by atoms with Crippen molar-refractivity contribution in [3.8, 4) is 22.7 Å². The number of carbonyl (C=O) groups excluding carboxylic acids is 1. The summed E-state index contributed by atoms with van der Waals surface area (Å²) >= 11 is 5.10. The van der Waals surface area contributed by atoms with Crippen molar-refractivity contribution in [1.29, 1.82) is 0 Å². The number of para-hydroxylation sites is 1. The number of nitrogens with zero attached hydrogens (tertiary/aromatic N) is 2. The summed E-state index contributed by atoms with van der Waals surface area (Å²) in [5.74, 6) is 0.364. The molecule has 148 valence electrons. The lowest BCUT2D eigenvalue weighted by atomic mass is 10.1. The molecule has 0 saturated carbocycles. The number of hydrazine groups is 1. The van der Waals surface area contributed by atoms with Crippen molar-refractivity contribution in [2.75, 3.05) is 13.7 Å². The Bertz CT molecular complexity index is 1000. The molecule has 29 heavy (non-hydrogen) atoms. The Balaban J connectivity index is 1.90. The van der Waals surface area contributed by atoms with Gasteiger partial charge in [0.25, 0.3) is 5.91 Å². The van der Waals surface area contributed by atoms with Gasteiger partial charge in [-0.25, -0.2) is 4.68 Å². The Morgan fingerprint density at radius 3 is 2.55 bits per heavy atom. The lowest BCUT2D eigenvalue weighted by Crippen LogP contribution is -2.46. The van der Waals surface area contributed by atoms with Crippen LogP contribution < -0.4 is 20.9 Å². The van der Waals surface area contributed by atoms with Crippen LogP contribution in [0.4, 0.5) is 0 Å². The first kappa shape index (κ1) is 20.1. The van der Waals surface area contributed by atoms with E-state index in [2.05, 4.69) is 27.8 Å². The third-order valence-electron chi connectivity index (χ3n) is 4.04. The first-order chi connectivity index (χ1) is 14.1. The van der Waals surface area contributed by atoms with E-state index in [1.54, 1.807) is 24.1 Å². The van der Waals surface area contributed by atoms with Crippen LogP contribution in [0.3, 0.4) is 0 Å². The van der Waals surface area contributed by atoms with Crippen LogP contribution in [-0.4, -0.2) is 34.5 Å². The third-order valence-corrected chi connectivity index (χ3v) is 4.29. The lowest BCUT2D eigenvalue weighted by molar-refractivity contribution is 0.0944. The Morgan fingerprint density at radius 1 is 1.17 bits per heavy atom. The van der Waals surface area contributed by atoms with Crippen LogP contribution in [0.25, 0.3) is 16.9 Å². The molecule has 1 aromatic heterocycles. The molecule has 0 aliphatic rings. The summed E-state index contributed by atoms with van der Waals surface area (Å²) in [7, 11) is 1.60. The van der Waals surface area contributed by atoms with Crippen molar-refractivity contribution >= 4 is 23.2 Å². The fourth-order valence-electron chi connectivity index (χ4n) is 2.61. The van der Waals surface area contributed by atoms with Gasteiger partial charge in [0.15, 0.2) is 5.11 Å². The van der Waals surface area contributed by atoms with Crippen molar-refractivity contribution in [2.45, 2.75) is 0 Å². The number of aromatic nitrogens is 2. The average Bonchev–Trinajstić information content (AvgIpc) is 3.22. The van der Waals surface area contributed by atoms with E-state index in [-0.39, 0.29) is 5.91 Å². The normalized spacial score (nSPS) is 10.1. The molecular weight excluding hydrogens is 386 g/mol. The monoisotopic (exact) mass is 407 g/mol. The van der Waals surface area contributed by atoms with Crippen LogP contribution in [0.2, 0.25) is 0 Å². The minimum absolute atomic E-state index is 0.291. The third kappa shape index (κ3) is 4.99. The zero-order chi connectivity index (χ0) is 20.6. The highest BCUT2D eigenvalue weighted by atomic mass is 32.1. The van der Waals surface area contributed by atoms with E-state index in [1.807, 2.05) is 54.6 Å². The minimum Gasteiger partial charge on any atom is -0.497 e. The second-order valence-electron chi connectivity index (χ2n) is 5.98. The highest BCUT2D eigenvalue weighted by Gasteiger charge is 2.19. The number of nitrogens with one attached hydrogen (secondary N) is 3. The maximum absolute atomic E-state index is 12.8. The SMILES string of the molecule is C=CCNC(=S)NNC(=O)c1cn(-c2ccccc2)nc1-c1ccc(OC)cc1. The van der Waals surface area contributed by atoms with E-state index in [1.165, 1.54) is 0 Å². The maximum Gasteiger partial charge on any atom is 0.273 e. The average molecular weight is 407 g/mol. The molecule has 7 nitrogen and oxygen atoms in total. The second kappa shape index (κ2) is 9.52. The summed E-state index contributed by atoms with van der Waals surface area (Å²) in [4.78, 5) is 12.8. The Labute approximate surface area is 174 Å². The predicted molar refractivity (Wildman–Crippen MR) is 117 cm³/mol. The van der Waals surface area contributed by atoms with Crippen LogP contribution in [0, 0.1) is 0 Å². The van der Waals surface area contributed by atoms with Gasteiger partial charge in [0, 0.05) is 18.3 Å². The van der Waals surface area contributed by atoms with Crippen LogP contribution in [0.5, 0.6) is 5.75 Å². The van der Waals surface area contributed by atoms with Crippen molar-refractivity contribution in [2.24, 2.45) is 0 Å². The number of ether oxygens (including phenoxy) is 1. The fraction of sp³-hybridized carbons (Fsp3) is 0.0952. The summed E-state index contributed by atoms with van der Waals surface area (Å²) < 4.78 is 6.88. The molecule has 3 rings (SSSR count). The number of carbonyl (C=O) groups is 1. The Kier molecular flexibility index (Phi) is 6.59. The summed E-state index contributed by atoms with van der Waals surface area (Å²) in [5.41, 5.74) is 7.86. The molecule has 8 heteroatoms. The van der Waals surface area contributed by atoms with Gasteiger partial charge in [-0.2, -0.15) is 5.10 Å². The molecule has 0 saturated heterocycles. The van der Waals surface area contributed by atoms with Gasteiger partial charge in [-0.05, 0) is 48.6 Å². The number of hydrogen-bond acceptors (Lipinski definition) is 4. The molecule has 2 aromatic carbocycles. The fourth-order valence-corrected chi connectivity index (χ4v) is 2.74. The quantitative estimate of drug-likeness (QED) is 0.331. The molecule has 0 bridgehead atoms. The van der Waals surface area contributed by atoms with Gasteiger partial charge in [-0.15, -0.1) is 6.58 Å². The Morgan fingerprint density at radius 2 is 1.90 bits per heavy atom. The number of thiocarbonyl (C=S) groups is 1. The standard InChI is InChI=1S/C21H21N5O2S/c1-3-13-22-21(29)24-23-20(27)18-14-26(16-7-5-4-6-8-16)25-19(18)15-9-11-17(28-2)12-10-15/h3-12,14H,1,13H2,2H3,(H,23,27)(H2,22,24,29). The van der Waals surface area contributed by atoms with Gasteiger partial charge >= 0.3 is 0 Å². The molecule has 0 radical (unpaired) electrons. The number of rotatable bonds is 6. The van der Waals surface area contributed by atoms with Crippen LogP contribution in [-0.2, 0) is 0 Å². The van der Waals surface area contributed by atoms with Gasteiger partial charge in [-0.3, -0.25) is 15.6 Å². The smallest absolute Gasteiger partial charge is 0.273 e. The topological polar surface area (TPSA) is 80.2 Å². The van der Waals surface area contributed by atoms with Crippen LogP contribution >= 0.6 is 12.2 Å². The number of benzene rings is 2. The summed E-state index contributed by atoms with van der Waals surface area (Å²) in [6.07, 6.45) is 3.35. The van der Waals surface area contributed by atoms with E-state index in [0.717, 1.165) is 17.0 Å². The van der Waals surface area contributed by atoms with Crippen LogP contribution in [0.15, 0.2) is 73.4 Å². The molecule has 1 heterocycles. The molecule has 3 aromatic rings. The highest BCUT2D eigenvalue weighted by molar-refractivity contribution is 7.80. The number of hydrogen-bond donors (Lipinski definition) is 3. The number of methoxy groups -OCH3 is 1. The van der Waals surface area contributed by atoms with Gasteiger partial charge < -0.3 is 10.1 Å². The van der Waals surface area contributed by atoms with Crippen molar-refractivity contribution < 1.29 is 9.53 Å². The zero-order valence-corrected chi connectivity index (χ0v) is 16.7. The predicted octanol–water partition coefficient (Wildman–Crippen LogP) is 2.84. The first-order valence-electron chi connectivity index (χ1n) is 8.87. The number of amides is 1. The van der Waals surface area contributed by atoms with Gasteiger partial charge in [0.2, 0.25) is 0 Å². The summed E-state index contributed by atoms with van der Waals surface area (Å²) in [6, 6.07) is 16.9. The first-order valence-corrected chi connectivity index (χ1v) is 9.28. The molecule has 0 fully saturated rings. The van der Waals surface area contributed by atoms with E-state index in [4.69, 9.17) is 17.0 Å². The molecular formula is C21H21N5O2S. The summed E-state index contributed by atoms with van der Waals surface area (Å²) in [5, 5.41) is 7.80. The Hall–Kier alpha value is -3.65. The molecule has 0 atom stereocenters. The highest BCUT2D eigenvalue weighted by Crippen LogP contribution is 2.25. The van der Waals surface area contributed by atoms with E-state index in [9.17, 15) is 4.79 Å². The minimum atomic E-state index is -0.360. The maximum atomic E-state index is 12.8. The summed E-state index contributed by atoms with van der Waals surface area (Å²) in [6.45, 7) is 4.10. The van der Waals surface area contributed by atoms with Gasteiger partial charge in [0.1, 0.15) is 11.4 Å². The molecule has 0 aliphatic carbocycles. The molecule has 0 aliphatic heterocycles. The van der Waals surface area contributed by atoms with Crippen LogP contribution in [0.1, 0.15) is 10.4 Å². The van der Waals surface area contributed by atoms with E-state index < -0.39 is 0 Å². The molecule has 0 spiro atoms. The van der Waals surface area contributed by atoms with Crippen molar-refractivity contribution in [3.05, 3.63) is 79.0 Å². The lowest BCUT2D eigenvalue weighted by Gasteiger charge is -2.10. The second-order valence-corrected chi connectivity index (χ2v) is 6.39. The zero-order valence-electron chi connectivity index (χ0n) is 15.9. The van der Waals surface area contributed by atoms with Gasteiger partial charge in [-0.1, -0.05) is 24.3 Å². The van der Waals surface area contributed by atoms with Crippen molar-refractivity contribution in [1.82, 2.24) is 25.9 Å².